The zero-order chi connectivity index (χ0) is 33.0. The lowest BCUT2D eigenvalue weighted by molar-refractivity contribution is 0.623. The molecule has 0 bridgehead atoms. The Bertz CT molecular complexity index is 2880. The molecule has 3 heterocycles. The van der Waals surface area contributed by atoms with E-state index >= 15 is 0 Å². The summed E-state index contributed by atoms with van der Waals surface area (Å²) < 4.78 is 8.88. The number of hydrogen-bond acceptors (Lipinski definition) is 6. The fraction of sp³-hybridized carbons (Fsp3) is 0. The highest BCUT2D eigenvalue weighted by molar-refractivity contribution is 7.26. The molecular formula is C44H26N4OS. The molecule has 0 aliphatic rings. The normalized spacial score (nSPS) is 11.6. The molecule has 234 valence electrons. The second-order valence-corrected chi connectivity index (χ2v) is 13.3. The Morgan fingerprint density at radius 1 is 0.440 bits per heavy atom. The average Bonchev–Trinajstić information content (AvgIpc) is 3.80. The Kier molecular flexibility index (Phi) is 6.60. The predicted molar refractivity (Wildman–Crippen MR) is 205 cm³/mol. The molecule has 0 N–H and O–H groups in total. The van der Waals surface area contributed by atoms with E-state index in [0.29, 0.717) is 23.4 Å². The lowest BCUT2D eigenvalue weighted by Gasteiger charge is -2.10. The number of thiophene rings is 1. The second-order valence-electron chi connectivity index (χ2n) is 12.3. The summed E-state index contributed by atoms with van der Waals surface area (Å²) in [6.45, 7) is 0. The number of oxazole rings is 1. The first kappa shape index (κ1) is 28.5. The van der Waals surface area contributed by atoms with E-state index in [2.05, 4.69) is 97.1 Å². The zero-order valence-electron chi connectivity index (χ0n) is 26.6. The van der Waals surface area contributed by atoms with Gasteiger partial charge in [-0.25, -0.2) is 19.9 Å². The molecule has 50 heavy (non-hydrogen) atoms. The van der Waals surface area contributed by atoms with E-state index in [4.69, 9.17) is 24.4 Å². The van der Waals surface area contributed by atoms with Crippen molar-refractivity contribution < 1.29 is 4.42 Å². The third kappa shape index (κ3) is 4.85. The van der Waals surface area contributed by atoms with Gasteiger partial charge in [-0.2, -0.15) is 0 Å². The van der Waals surface area contributed by atoms with Gasteiger partial charge in [-0.1, -0.05) is 121 Å². The number of rotatable bonds is 5. The molecule has 10 aromatic rings. The summed E-state index contributed by atoms with van der Waals surface area (Å²) in [6.07, 6.45) is 0. The summed E-state index contributed by atoms with van der Waals surface area (Å²) >= 11 is 1.78. The van der Waals surface area contributed by atoms with Gasteiger partial charge < -0.3 is 4.42 Å². The quantitative estimate of drug-likeness (QED) is 0.184. The Hall–Kier alpha value is -6.50. The van der Waals surface area contributed by atoms with Crippen LogP contribution in [0.2, 0.25) is 0 Å². The zero-order valence-corrected chi connectivity index (χ0v) is 27.4. The molecule has 0 fully saturated rings. The van der Waals surface area contributed by atoms with Crippen LogP contribution in [-0.4, -0.2) is 19.9 Å². The van der Waals surface area contributed by atoms with Crippen LogP contribution in [-0.2, 0) is 0 Å². The molecule has 10 rings (SSSR count). The third-order valence-corrected chi connectivity index (χ3v) is 10.3. The summed E-state index contributed by atoms with van der Waals surface area (Å²) in [4.78, 5) is 20.1. The Morgan fingerprint density at radius 2 is 1.06 bits per heavy atom. The topological polar surface area (TPSA) is 64.7 Å². The van der Waals surface area contributed by atoms with Crippen LogP contribution in [0.15, 0.2) is 162 Å². The summed E-state index contributed by atoms with van der Waals surface area (Å²) in [7, 11) is 0. The smallest absolute Gasteiger partial charge is 0.227 e. The van der Waals surface area contributed by atoms with Crippen molar-refractivity contribution in [1.82, 2.24) is 19.9 Å². The fourth-order valence-electron chi connectivity index (χ4n) is 6.70. The summed E-state index contributed by atoms with van der Waals surface area (Å²) in [5.74, 6) is 2.50. The molecule has 0 unspecified atom stereocenters. The van der Waals surface area contributed by atoms with Crippen LogP contribution in [0, 0.1) is 0 Å². The van der Waals surface area contributed by atoms with Gasteiger partial charge in [0.2, 0.25) is 5.89 Å². The van der Waals surface area contributed by atoms with Gasteiger partial charge in [0.25, 0.3) is 0 Å². The van der Waals surface area contributed by atoms with Crippen molar-refractivity contribution in [3.05, 3.63) is 158 Å². The number of aromatic nitrogens is 4. The molecule has 0 aliphatic heterocycles. The molecule has 6 heteroatoms. The number of nitrogens with zero attached hydrogens (tertiary/aromatic N) is 4. The van der Waals surface area contributed by atoms with Crippen LogP contribution >= 0.6 is 11.3 Å². The first-order chi connectivity index (χ1) is 24.7. The minimum atomic E-state index is 0.614. The molecule has 7 aromatic carbocycles. The number of fused-ring (bicyclic) bond motifs is 6. The van der Waals surface area contributed by atoms with Gasteiger partial charge in [-0.05, 0) is 52.7 Å². The van der Waals surface area contributed by atoms with Crippen molar-refractivity contribution in [1.29, 1.82) is 0 Å². The Labute approximate surface area is 291 Å². The highest BCUT2D eigenvalue weighted by Gasteiger charge is 2.20. The summed E-state index contributed by atoms with van der Waals surface area (Å²) in [6, 6.07) is 54.0. The van der Waals surface area contributed by atoms with Gasteiger partial charge in [0, 0.05) is 48.0 Å². The van der Waals surface area contributed by atoms with E-state index in [-0.39, 0.29) is 0 Å². The number of hydrogen-bond donors (Lipinski definition) is 0. The predicted octanol–water partition coefficient (Wildman–Crippen LogP) is 11.9. The van der Waals surface area contributed by atoms with Gasteiger partial charge in [-0.15, -0.1) is 11.3 Å². The molecular weight excluding hydrogens is 633 g/mol. The van der Waals surface area contributed by atoms with Crippen LogP contribution in [0.1, 0.15) is 0 Å². The molecule has 3 aromatic heterocycles. The lowest BCUT2D eigenvalue weighted by Crippen LogP contribution is -2.00. The van der Waals surface area contributed by atoms with E-state index in [0.717, 1.165) is 65.3 Å². The third-order valence-electron chi connectivity index (χ3n) is 9.13. The SMILES string of the molecule is c1ccc(-c2nc(-c3cccc(-c4cc5nc(-c6ccccc6)oc5c5c4sc4ccccc45)c3)nc(-c3ccc4ccccc4c3)n2)cc1. The lowest BCUT2D eigenvalue weighted by atomic mass is 9.99. The maximum absolute atomic E-state index is 6.52. The van der Waals surface area contributed by atoms with Crippen LogP contribution in [0.3, 0.4) is 0 Å². The van der Waals surface area contributed by atoms with Gasteiger partial charge in [-0.3, -0.25) is 0 Å². The van der Waals surface area contributed by atoms with E-state index in [1.54, 1.807) is 11.3 Å². The maximum atomic E-state index is 6.52. The molecule has 0 aliphatic carbocycles. The highest BCUT2D eigenvalue weighted by atomic mass is 32.1. The van der Waals surface area contributed by atoms with Crippen molar-refractivity contribution >= 4 is 53.4 Å². The second kappa shape index (κ2) is 11.6. The molecule has 0 saturated carbocycles. The highest BCUT2D eigenvalue weighted by Crippen LogP contribution is 2.45. The average molecular weight is 659 g/mol. The Morgan fingerprint density at radius 3 is 1.86 bits per heavy atom. The van der Waals surface area contributed by atoms with Crippen LogP contribution < -0.4 is 0 Å². The molecule has 5 nitrogen and oxygen atoms in total. The first-order valence-electron chi connectivity index (χ1n) is 16.5. The standard InChI is InChI=1S/C44H26N4OS/c1-3-13-28(14-4-1)41-46-42(48-43(47-41)33-23-22-27-12-7-8-17-30(27)24-33)32-19-11-18-31(25-32)35-26-36-39(49-44(45-36)29-15-5-2-6-16-29)38-34-20-9-10-21-37(34)50-40(35)38/h1-26H. The van der Waals surface area contributed by atoms with Crippen molar-refractivity contribution in [2.24, 2.45) is 0 Å². The van der Waals surface area contributed by atoms with Crippen molar-refractivity contribution in [3.63, 3.8) is 0 Å². The minimum Gasteiger partial charge on any atom is -0.435 e. The largest absolute Gasteiger partial charge is 0.435 e. The van der Waals surface area contributed by atoms with Gasteiger partial charge >= 0.3 is 0 Å². The molecule has 0 radical (unpaired) electrons. The summed E-state index contributed by atoms with van der Waals surface area (Å²) in [5, 5.41) is 4.56. The van der Waals surface area contributed by atoms with E-state index in [1.165, 1.54) is 10.1 Å². The number of benzene rings is 7. The first-order valence-corrected chi connectivity index (χ1v) is 17.3. The van der Waals surface area contributed by atoms with Gasteiger partial charge in [0.05, 0.1) is 0 Å². The van der Waals surface area contributed by atoms with Crippen molar-refractivity contribution in [2.75, 3.05) is 0 Å². The van der Waals surface area contributed by atoms with Crippen LogP contribution in [0.25, 0.3) is 98.8 Å². The van der Waals surface area contributed by atoms with E-state index in [9.17, 15) is 0 Å². The Balaban J connectivity index is 1.17. The maximum Gasteiger partial charge on any atom is 0.227 e. The monoisotopic (exact) mass is 658 g/mol. The summed E-state index contributed by atoms with van der Waals surface area (Å²) in [5.41, 5.74) is 7.52. The van der Waals surface area contributed by atoms with Crippen molar-refractivity contribution in [3.8, 4) is 56.7 Å². The molecule has 0 spiro atoms. The van der Waals surface area contributed by atoms with Gasteiger partial charge in [0.1, 0.15) is 5.52 Å². The molecule has 0 saturated heterocycles. The van der Waals surface area contributed by atoms with Crippen LogP contribution in [0.4, 0.5) is 0 Å². The van der Waals surface area contributed by atoms with E-state index in [1.807, 2.05) is 60.7 Å². The van der Waals surface area contributed by atoms with Crippen molar-refractivity contribution in [2.45, 2.75) is 0 Å². The fourth-order valence-corrected chi connectivity index (χ4v) is 7.93. The molecule has 0 atom stereocenters. The van der Waals surface area contributed by atoms with Crippen LogP contribution in [0.5, 0.6) is 0 Å². The minimum absolute atomic E-state index is 0.614. The molecule has 0 amide bonds. The van der Waals surface area contributed by atoms with E-state index < -0.39 is 0 Å². The van der Waals surface area contributed by atoms with Gasteiger partial charge in [0.15, 0.2) is 23.1 Å².